The average Bonchev–Trinajstić information content (AvgIpc) is 2.46. The standard InChI is InChI=1S/C17H19NO3/c1-11-8-15(9-12(2)16(11)21-10-20-3)13-4-6-14(7-5-13)17(18)19/h4-9H,10H2,1-3H3,(H2,18,19). The van der Waals surface area contributed by atoms with Crippen molar-refractivity contribution in [3.8, 4) is 16.9 Å². The van der Waals surface area contributed by atoms with Gasteiger partial charge in [-0.05, 0) is 60.4 Å². The molecule has 0 saturated heterocycles. The van der Waals surface area contributed by atoms with Gasteiger partial charge in [0.15, 0.2) is 6.79 Å². The van der Waals surface area contributed by atoms with Gasteiger partial charge in [0.2, 0.25) is 5.91 Å². The number of amides is 1. The number of benzene rings is 2. The lowest BCUT2D eigenvalue weighted by molar-refractivity contribution is 0.0501. The maximum absolute atomic E-state index is 11.1. The number of methoxy groups -OCH3 is 1. The summed E-state index contributed by atoms with van der Waals surface area (Å²) in [5, 5.41) is 0. The maximum Gasteiger partial charge on any atom is 0.248 e. The van der Waals surface area contributed by atoms with E-state index in [0.717, 1.165) is 28.0 Å². The highest BCUT2D eigenvalue weighted by molar-refractivity contribution is 5.93. The van der Waals surface area contributed by atoms with Crippen molar-refractivity contribution in [3.63, 3.8) is 0 Å². The van der Waals surface area contributed by atoms with Crippen LogP contribution in [0, 0.1) is 13.8 Å². The van der Waals surface area contributed by atoms with E-state index in [2.05, 4.69) is 12.1 Å². The van der Waals surface area contributed by atoms with Crippen molar-refractivity contribution < 1.29 is 14.3 Å². The molecule has 2 aromatic rings. The Labute approximate surface area is 124 Å². The molecule has 21 heavy (non-hydrogen) atoms. The third-order valence-electron chi connectivity index (χ3n) is 3.28. The maximum atomic E-state index is 11.1. The molecule has 0 heterocycles. The highest BCUT2D eigenvalue weighted by atomic mass is 16.7. The molecule has 0 bridgehead atoms. The second-order valence-electron chi connectivity index (χ2n) is 4.93. The molecule has 0 aliphatic rings. The van der Waals surface area contributed by atoms with Crippen LogP contribution >= 0.6 is 0 Å². The second kappa shape index (κ2) is 6.41. The van der Waals surface area contributed by atoms with Crippen LogP contribution in [0.25, 0.3) is 11.1 Å². The summed E-state index contributed by atoms with van der Waals surface area (Å²) in [6.45, 7) is 4.23. The zero-order valence-electron chi connectivity index (χ0n) is 12.5. The van der Waals surface area contributed by atoms with Gasteiger partial charge in [0.25, 0.3) is 0 Å². The highest BCUT2D eigenvalue weighted by Crippen LogP contribution is 2.30. The Morgan fingerprint density at radius 1 is 1.05 bits per heavy atom. The van der Waals surface area contributed by atoms with Gasteiger partial charge in [-0.1, -0.05) is 12.1 Å². The molecule has 0 aliphatic carbocycles. The number of hydrogen-bond donors (Lipinski definition) is 1. The summed E-state index contributed by atoms with van der Waals surface area (Å²) in [7, 11) is 1.60. The first kappa shape index (κ1) is 15.1. The fourth-order valence-corrected chi connectivity index (χ4v) is 2.29. The van der Waals surface area contributed by atoms with Gasteiger partial charge >= 0.3 is 0 Å². The second-order valence-corrected chi connectivity index (χ2v) is 4.93. The molecule has 0 saturated carbocycles. The van der Waals surface area contributed by atoms with Crippen LogP contribution in [-0.4, -0.2) is 19.8 Å². The molecular weight excluding hydrogens is 266 g/mol. The molecule has 0 spiro atoms. The van der Waals surface area contributed by atoms with E-state index >= 15 is 0 Å². The number of rotatable bonds is 5. The van der Waals surface area contributed by atoms with Gasteiger partial charge in [-0.2, -0.15) is 0 Å². The van der Waals surface area contributed by atoms with E-state index in [4.69, 9.17) is 15.2 Å². The van der Waals surface area contributed by atoms with Gasteiger partial charge in [0.1, 0.15) is 5.75 Å². The molecule has 2 rings (SSSR count). The van der Waals surface area contributed by atoms with Crippen molar-refractivity contribution in [2.75, 3.05) is 13.9 Å². The van der Waals surface area contributed by atoms with Crippen molar-refractivity contribution in [2.45, 2.75) is 13.8 Å². The lowest BCUT2D eigenvalue weighted by atomic mass is 9.99. The molecular formula is C17H19NO3. The van der Waals surface area contributed by atoms with Gasteiger partial charge in [0, 0.05) is 12.7 Å². The summed E-state index contributed by atoms with van der Waals surface area (Å²) >= 11 is 0. The molecule has 4 nitrogen and oxygen atoms in total. The number of carbonyl (C=O) groups excluding carboxylic acids is 1. The topological polar surface area (TPSA) is 61.6 Å². The van der Waals surface area contributed by atoms with Crippen molar-refractivity contribution in [3.05, 3.63) is 53.1 Å². The van der Waals surface area contributed by atoms with Crippen LogP contribution in [-0.2, 0) is 4.74 Å². The van der Waals surface area contributed by atoms with Crippen molar-refractivity contribution in [2.24, 2.45) is 5.73 Å². The van der Waals surface area contributed by atoms with Crippen LogP contribution < -0.4 is 10.5 Å². The molecule has 2 aromatic carbocycles. The van der Waals surface area contributed by atoms with Crippen LogP contribution in [0.5, 0.6) is 5.75 Å². The summed E-state index contributed by atoms with van der Waals surface area (Å²) in [4.78, 5) is 11.1. The van der Waals surface area contributed by atoms with E-state index in [0.29, 0.717) is 5.56 Å². The quantitative estimate of drug-likeness (QED) is 0.859. The molecule has 0 unspecified atom stereocenters. The number of ether oxygens (including phenoxy) is 2. The molecule has 110 valence electrons. The van der Waals surface area contributed by atoms with E-state index in [1.165, 1.54) is 0 Å². The fourth-order valence-electron chi connectivity index (χ4n) is 2.29. The summed E-state index contributed by atoms with van der Waals surface area (Å²) < 4.78 is 10.5. The van der Waals surface area contributed by atoms with Crippen molar-refractivity contribution in [1.29, 1.82) is 0 Å². The van der Waals surface area contributed by atoms with Crippen molar-refractivity contribution in [1.82, 2.24) is 0 Å². The first-order valence-electron chi connectivity index (χ1n) is 6.66. The summed E-state index contributed by atoms with van der Waals surface area (Å²) in [5.74, 6) is 0.423. The van der Waals surface area contributed by atoms with Crippen LogP contribution in [0.2, 0.25) is 0 Å². The number of hydrogen-bond acceptors (Lipinski definition) is 3. The highest BCUT2D eigenvalue weighted by Gasteiger charge is 2.08. The summed E-state index contributed by atoms with van der Waals surface area (Å²) in [6.07, 6.45) is 0. The molecule has 1 amide bonds. The van der Waals surface area contributed by atoms with Crippen molar-refractivity contribution >= 4 is 5.91 Å². The first-order chi connectivity index (χ1) is 10.0. The zero-order valence-corrected chi connectivity index (χ0v) is 12.5. The minimum Gasteiger partial charge on any atom is -0.467 e. The number of aryl methyl sites for hydroxylation is 2. The Balaban J connectivity index is 2.34. The average molecular weight is 285 g/mol. The van der Waals surface area contributed by atoms with Gasteiger partial charge in [-0.25, -0.2) is 0 Å². The zero-order chi connectivity index (χ0) is 15.4. The van der Waals surface area contributed by atoms with Gasteiger partial charge in [0.05, 0.1) is 0 Å². The van der Waals surface area contributed by atoms with Crippen LogP contribution in [0.15, 0.2) is 36.4 Å². The Morgan fingerprint density at radius 2 is 1.62 bits per heavy atom. The number of carbonyl (C=O) groups is 1. The van der Waals surface area contributed by atoms with E-state index in [-0.39, 0.29) is 6.79 Å². The minimum atomic E-state index is -0.419. The first-order valence-corrected chi connectivity index (χ1v) is 6.66. The van der Waals surface area contributed by atoms with E-state index in [9.17, 15) is 4.79 Å². The Morgan fingerprint density at radius 3 is 2.10 bits per heavy atom. The van der Waals surface area contributed by atoms with Gasteiger partial charge in [-0.15, -0.1) is 0 Å². The van der Waals surface area contributed by atoms with Gasteiger partial charge in [-0.3, -0.25) is 4.79 Å². The number of primary amides is 1. The Kier molecular flexibility index (Phi) is 4.60. The van der Waals surface area contributed by atoms with Gasteiger partial charge < -0.3 is 15.2 Å². The third kappa shape index (κ3) is 3.41. The molecule has 0 aromatic heterocycles. The molecule has 0 fully saturated rings. The largest absolute Gasteiger partial charge is 0.467 e. The lowest BCUT2D eigenvalue weighted by Crippen LogP contribution is -2.10. The molecule has 0 aliphatic heterocycles. The normalized spacial score (nSPS) is 10.4. The molecule has 0 radical (unpaired) electrons. The summed E-state index contributed by atoms with van der Waals surface area (Å²) in [5.41, 5.74) is 9.95. The van der Waals surface area contributed by atoms with Crippen LogP contribution in [0.1, 0.15) is 21.5 Å². The van der Waals surface area contributed by atoms with Crippen LogP contribution in [0.3, 0.4) is 0 Å². The van der Waals surface area contributed by atoms with Crippen LogP contribution in [0.4, 0.5) is 0 Å². The predicted octanol–water partition coefficient (Wildman–Crippen LogP) is 3.05. The number of nitrogens with two attached hydrogens (primary N) is 1. The molecule has 4 heteroatoms. The minimum absolute atomic E-state index is 0.230. The Bertz CT molecular complexity index is 625. The SMILES string of the molecule is COCOc1c(C)cc(-c2ccc(C(N)=O)cc2)cc1C. The lowest BCUT2D eigenvalue weighted by Gasteiger charge is -2.13. The summed E-state index contributed by atoms with van der Waals surface area (Å²) in [6, 6.07) is 11.4. The Hall–Kier alpha value is -2.33. The van der Waals surface area contributed by atoms with E-state index in [1.807, 2.05) is 26.0 Å². The monoisotopic (exact) mass is 285 g/mol. The molecule has 0 atom stereocenters. The predicted molar refractivity (Wildman–Crippen MR) is 82.4 cm³/mol. The van der Waals surface area contributed by atoms with E-state index in [1.54, 1.807) is 19.2 Å². The smallest absolute Gasteiger partial charge is 0.248 e. The van der Waals surface area contributed by atoms with E-state index < -0.39 is 5.91 Å². The third-order valence-corrected chi connectivity index (χ3v) is 3.28. The fraction of sp³-hybridized carbons (Fsp3) is 0.235. The molecule has 2 N–H and O–H groups in total.